The van der Waals surface area contributed by atoms with Crippen molar-refractivity contribution < 1.29 is 0 Å². The summed E-state index contributed by atoms with van der Waals surface area (Å²) in [6, 6.07) is 131. The number of nitriles is 1. The van der Waals surface area contributed by atoms with Crippen molar-refractivity contribution in [2.45, 2.75) is 6.92 Å². The van der Waals surface area contributed by atoms with Gasteiger partial charge in [0.25, 0.3) is 0 Å². The molecule has 384 valence electrons. The van der Waals surface area contributed by atoms with Gasteiger partial charge in [-0.2, -0.15) is 5.26 Å². The molecule has 0 spiro atoms. The van der Waals surface area contributed by atoms with Gasteiger partial charge in [-0.05, 0) is 95.3 Å². The lowest BCUT2D eigenvalue weighted by atomic mass is 10.4. The maximum atomic E-state index is 7.32. The Balaban J connectivity index is 0.000000136. The fourth-order valence-electron chi connectivity index (χ4n) is 8.71. The minimum absolute atomic E-state index is 0.446. The third-order valence-corrected chi connectivity index (χ3v) is 21.9. The van der Waals surface area contributed by atoms with Crippen LogP contribution in [-0.2, 0) is 0 Å². The second-order valence-electron chi connectivity index (χ2n) is 17.6. The SMILES string of the molecule is CC#N.c1ccc(P(c2ccccc2)c2ccccc2)cc1.c1ccc(P(c2ccccc2)c2ccccc2)cc1.c1ccc(P(c2ccccc2)c2ccccc2)cc1.c1ccc(P(c2ccccc2)c2ccccc2)cc1. The van der Waals surface area contributed by atoms with Gasteiger partial charge < -0.3 is 0 Å². The van der Waals surface area contributed by atoms with Gasteiger partial charge in [0.15, 0.2) is 0 Å². The van der Waals surface area contributed by atoms with Gasteiger partial charge in [0, 0.05) is 6.92 Å². The zero-order valence-electron chi connectivity index (χ0n) is 44.4. The van der Waals surface area contributed by atoms with Gasteiger partial charge >= 0.3 is 0 Å². The molecule has 0 atom stereocenters. The van der Waals surface area contributed by atoms with Crippen LogP contribution in [0, 0.1) is 11.3 Å². The molecule has 0 unspecified atom stereocenters. The van der Waals surface area contributed by atoms with E-state index in [4.69, 9.17) is 5.26 Å². The Hall–Kier alpha value is -8.15. The van der Waals surface area contributed by atoms with Crippen LogP contribution in [0.25, 0.3) is 0 Å². The monoisotopic (exact) mass is 1090 g/mol. The smallest absolute Gasteiger partial charge is 0.0587 e. The van der Waals surface area contributed by atoms with Crippen molar-refractivity contribution in [2.24, 2.45) is 0 Å². The summed E-state index contributed by atoms with van der Waals surface area (Å²) in [5.41, 5.74) is 0. The van der Waals surface area contributed by atoms with Crippen molar-refractivity contribution in [3.8, 4) is 6.07 Å². The van der Waals surface area contributed by atoms with E-state index in [0.29, 0.717) is 0 Å². The highest BCUT2D eigenvalue weighted by Crippen LogP contribution is 2.35. The lowest BCUT2D eigenvalue weighted by Crippen LogP contribution is -2.20. The summed E-state index contributed by atoms with van der Waals surface area (Å²) in [5.74, 6) is 0. The summed E-state index contributed by atoms with van der Waals surface area (Å²) in [6.07, 6.45) is 0. The second kappa shape index (κ2) is 32.6. The topological polar surface area (TPSA) is 23.8 Å². The lowest BCUT2D eigenvalue weighted by Gasteiger charge is -2.18. The molecular formula is C74H63NP4. The number of nitrogens with zero attached hydrogens (tertiary/aromatic N) is 1. The van der Waals surface area contributed by atoms with Gasteiger partial charge in [0.2, 0.25) is 0 Å². The Morgan fingerprint density at radius 2 is 0.228 bits per heavy atom. The standard InChI is InChI=1S/4C18H15P.C2H3N/c4*1-4-10-16(11-5-1)19(17-12-6-2-7-13-17)18-14-8-3-9-15-18;1-2-3/h4*1-15H;1H3. The van der Waals surface area contributed by atoms with E-state index in [2.05, 4.69) is 364 Å². The van der Waals surface area contributed by atoms with Crippen LogP contribution in [0.4, 0.5) is 0 Å². The summed E-state index contributed by atoms with van der Waals surface area (Å²) >= 11 is 0. The molecule has 12 aromatic carbocycles. The van der Waals surface area contributed by atoms with Crippen LogP contribution in [0.15, 0.2) is 364 Å². The number of benzene rings is 12. The van der Waals surface area contributed by atoms with Gasteiger partial charge in [-0.25, -0.2) is 0 Å². The Morgan fingerprint density at radius 1 is 0.165 bits per heavy atom. The van der Waals surface area contributed by atoms with Gasteiger partial charge in [-0.3, -0.25) is 0 Å². The largest absolute Gasteiger partial charge is 0.199 e. The molecule has 0 radical (unpaired) electrons. The molecule has 0 aliphatic heterocycles. The van der Waals surface area contributed by atoms with Gasteiger partial charge in [0.1, 0.15) is 0 Å². The van der Waals surface area contributed by atoms with E-state index in [9.17, 15) is 0 Å². The van der Waals surface area contributed by atoms with E-state index in [1.54, 1.807) is 6.07 Å². The zero-order chi connectivity index (χ0) is 54.4. The minimum Gasteiger partial charge on any atom is -0.199 e. The van der Waals surface area contributed by atoms with E-state index in [1.807, 2.05) is 0 Å². The predicted molar refractivity (Wildman–Crippen MR) is 352 cm³/mol. The molecule has 0 fully saturated rings. The van der Waals surface area contributed by atoms with Crippen LogP contribution in [0.5, 0.6) is 0 Å². The molecule has 12 aromatic rings. The molecular weight excluding hydrogens is 1030 g/mol. The molecule has 0 N–H and O–H groups in total. The van der Waals surface area contributed by atoms with E-state index in [-0.39, 0.29) is 0 Å². The molecule has 0 aliphatic rings. The first kappa shape index (κ1) is 57.0. The van der Waals surface area contributed by atoms with Crippen LogP contribution in [0.2, 0.25) is 0 Å². The number of rotatable bonds is 12. The third-order valence-electron chi connectivity index (χ3n) is 12.2. The van der Waals surface area contributed by atoms with Crippen LogP contribution in [0.1, 0.15) is 6.92 Å². The molecule has 0 aromatic heterocycles. The molecule has 79 heavy (non-hydrogen) atoms. The first-order valence-corrected chi connectivity index (χ1v) is 31.7. The quantitative estimate of drug-likeness (QED) is 0.112. The Labute approximate surface area is 474 Å². The van der Waals surface area contributed by atoms with Crippen LogP contribution < -0.4 is 63.7 Å². The van der Waals surface area contributed by atoms with Gasteiger partial charge in [0.05, 0.1) is 6.07 Å². The molecule has 12 rings (SSSR count). The average molecular weight is 1090 g/mol. The minimum atomic E-state index is -0.446. The second-order valence-corrected chi connectivity index (χ2v) is 26.5. The summed E-state index contributed by atoms with van der Waals surface area (Å²) < 4.78 is 0. The maximum absolute atomic E-state index is 7.32. The van der Waals surface area contributed by atoms with Crippen molar-refractivity contribution in [3.05, 3.63) is 364 Å². The molecule has 1 nitrogen and oxygen atoms in total. The Morgan fingerprint density at radius 3 is 0.291 bits per heavy atom. The first-order chi connectivity index (χ1) is 39.2. The molecule has 5 heteroatoms. The highest BCUT2D eigenvalue weighted by atomic mass is 31.1. The van der Waals surface area contributed by atoms with E-state index in [0.717, 1.165) is 0 Å². The first-order valence-electron chi connectivity index (χ1n) is 26.3. The fourth-order valence-corrected chi connectivity index (χ4v) is 17.9. The third kappa shape index (κ3) is 17.4. The van der Waals surface area contributed by atoms with Gasteiger partial charge in [-0.1, -0.05) is 364 Å². The fraction of sp³-hybridized carbons (Fsp3) is 0.0135. The van der Waals surface area contributed by atoms with Crippen LogP contribution in [0.3, 0.4) is 0 Å². The number of hydrogen-bond donors (Lipinski definition) is 0. The van der Waals surface area contributed by atoms with Crippen molar-refractivity contribution in [1.29, 1.82) is 5.26 Å². The summed E-state index contributed by atoms with van der Waals surface area (Å²) in [4.78, 5) is 0. The average Bonchev–Trinajstić information content (AvgIpc) is 3.55. The molecule has 0 heterocycles. The summed E-state index contributed by atoms with van der Waals surface area (Å²) in [5, 5.41) is 24.1. The highest BCUT2D eigenvalue weighted by Gasteiger charge is 2.18. The van der Waals surface area contributed by atoms with Gasteiger partial charge in [-0.15, -0.1) is 0 Å². The van der Waals surface area contributed by atoms with Crippen LogP contribution in [-0.4, -0.2) is 0 Å². The van der Waals surface area contributed by atoms with Crippen LogP contribution >= 0.6 is 31.7 Å². The summed E-state index contributed by atoms with van der Waals surface area (Å²) in [7, 11) is -1.78. The Bertz CT molecular complexity index is 2680. The molecule has 0 saturated heterocycles. The number of hydrogen-bond acceptors (Lipinski definition) is 1. The Kier molecular flexibility index (Phi) is 23.5. The van der Waals surface area contributed by atoms with Crippen molar-refractivity contribution >= 4 is 95.3 Å². The lowest BCUT2D eigenvalue weighted by molar-refractivity contribution is 1.49. The van der Waals surface area contributed by atoms with Crippen molar-refractivity contribution in [1.82, 2.24) is 0 Å². The van der Waals surface area contributed by atoms with E-state index in [1.165, 1.54) is 70.6 Å². The molecule has 0 saturated carbocycles. The predicted octanol–water partition coefficient (Wildman–Crippen LogP) is 14.3. The van der Waals surface area contributed by atoms with E-state index < -0.39 is 31.7 Å². The van der Waals surface area contributed by atoms with Crippen molar-refractivity contribution in [3.63, 3.8) is 0 Å². The summed E-state index contributed by atoms with van der Waals surface area (Å²) in [6.45, 7) is 1.43. The molecule has 0 aliphatic carbocycles. The maximum Gasteiger partial charge on any atom is 0.0587 e. The molecule has 0 bridgehead atoms. The normalized spacial score (nSPS) is 10.3. The highest BCUT2D eigenvalue weighted by molar-refractivity contribution is 7.81. The zero-order valence-corrected chi connectivity index (χ0v) is 48.0. The molecule has 0 amide bonds. The van der Waals surface area contributed by atoms with Crippen molar-refractivity contribution in [2.75, 3.05) is 0 Å². The van der Waals surface area contributed by atoms with E-state index >= 15 is 0 Å².